The van der Waals surface area contributed by atoms with Crippen LogP contribution in [0.3, 0.4) is 0 Å². The summed E-state index contributed by atoms with van der Waals surface area (Å²) in [5, 5.41) is 50.7. The average Bonchev–Trinajstić information content (AvgIpc) is 3.10. The number of nitriles is 1. The number of aromatic nitrogens is 3. The number of carbonyl (C=O) groups is 1. The van der Waals surface area contributed by atoms with E-state index < -0.39 is 38.5 Å². The summed E-state index contributed by atoms with van der Waals surface area (Å²) < 4.78 is 64.9. The third kappa shape index (κ3) is 13.0. The molecule has 1 aromatic heterocycles. The summed E-state index contributed by atoms with van der Waals surface area (Å²) in [7, 11) is -9.04. The Balaban J connectivity index is 0.00000406. The topological polar surface area (TPSA) is 303 Å². The number of azo groups is 1. The molecule has 20 nitrogen and oxygen atoms in total. The first-order valence-electron chi connectivity index (χ1n) is 14.3. The van der Waals surface area contributed by atoms with E-state index in [4.69, 9.17) is 16.9 Å². The van der Waals surface area contributed by atoms with Gasteiger partial charge in [0.2, 0.25) is 27.6 Å². The second-order valence-corrected chi connectivity index (χ2v) is 14.4. The summed E-state index contributed by atoms with van der Waals surface area (Å²) in [6.45, 7) is -0.854. The number of hydrogen-bond acceptors (Lipinski definition) is 20. The number of anilines is 4. The standard InChI is InChI=1S/C29H22ClN9O11S3.2Na/c30-27-35-28(32-15-31)37-29(36-27)34-19-6-9-22-17(13-19)14-23(51-50-49-42)24(25(22)40)39-38-20-3-1-2-16(12-20)26(41)33-18-4-7-21(8-5-18)52(43,44)11-10-48-53(45,46)47;;/h1-9,12-14,40,42H,10-11H2,(H,33,41)(H,45,46,47)(H2,32,34,35,36,37);;/q;2*+1/p-2. The van der Waals surface area contributed by atoms with Crippen LogP contribution in [0.2, 0.25) is 5.28 Å². The van der Waals surface area contributed by atoms with Crippen LogP contribution < -0.4 is 80.3 Å². The van der Waals surface area contributed by atoms with Gasteiger partial charge in [-0.05, 0) is 83.7 Å². The first-order chi connectivity index (χ1) is 25.2. The van der Waals surface area contributed by atoms with Gasteiger partial charge in [-0.25, -0.2) is 16.8 Å². The average molecular weight is 848 g/mol. The number of carbonyl (C=O) groups excluding carboxylic acids is 1. The maximum atomic E-state index is 13.0. The Labute approximate surface area is 365 Å². The van der Waals surface area contributed by atoms with Gasteiger partial charge in [-0.1, -0.05) is 6.07 Å². The van der Waals surface area contributed by atoms with Gasteiger partial charge >= 0.3 is 59.1 Å². The fourth-order valence-electron chi connectivity index (χ4n) is 4.41. The molecule has 0 spiro atoms. The molecule has 4 N–H and O–H groups in total. The van der Waals surface area contributed by atoms with E-state index in [1.807, 2.05) is 0 Å². The molecule has 0 fully saturated rings. The van der Waals surface area contributed by atoms with Gasteiger partial charge in [0, 0.05) is 22.3 Å². The number of phenolic OH excluding ortho intramolecular Hbond substituents is 1. The smallest absolute Gasteiger partial charge is 0.726 e. The third-order valence-electron chi connectivity index (χ3n) is 6.66. The normalized spacial score (nSPS) is 11.3. The molecule has 5 aromatic rings. The Hall–Kier alpha value is -3.55. The van der Waals surface area contributed by atoms with E-state index in [-0.39, 0.29) is 114 Å². The Morgan fingerprint density at radius 1 is 0.964 bits per heavy atom. The van der Waals surface area contributed by atoms with Gasteiger partial charge < -0.3 is 25.6 Å². The van der Waals surface area contributed by atoms with E-state index in [0.717, 1.165) is 0 Å². The number of nitrogens with one attached hydrogen (secondary N) is 3. The molecule has 0 aliphatic carbocycles. The molecule has 0 saturated carbocycles. The summed E-state index contributed by atoms with van der Waals surface area (Å²) in [6.07, 6.45) is 1.68. The monoisotopic (exact) mass is 847 g/mol. The number of amides is 1. The summed E-state index contributed by atoms with van der Waals surface area (Å²) in [6, 6.07) is 17.1. The van der Waals surface area contributed by atoms with Crippen molar-refractivity contribution in [1.29, 1.82) is 5.26 Å². The van der Waals surface area contributed by atoms with Gasteiger partial charge in [-0.2, -0.15) is 29.7 Å². The van der Waals surface area contributed by atoms with Crippen LogP contribution in [0, 0.1) is 11.5 Å². The van der Waals surface area contributed by atoms with Crippen molar-refractivity contribution in [1.82, 2.24) is 15.0 Å². The number of rotatable bonds is 15. The van der Waals surface area contributed by atoms with Crippen molar-refractivity contribution >= 4 is 95.2 Å². The zero-order valence-corrected chi connectivity index (χ0v) is 35.4. The summed E-state index contributed by atoms with van der Waals surface area (Å²) >= 11 is 6.35. The minimum Gasteiger partial charge on any atom is -0.726 e. The van der Waals surface area contributed by atoms with E-state index in [1.165, 1.54) is 54.6 Å². The molecule has 0 bridgehead atoms. The summed E-state index contributed by atoms with van der Waals surface area (Å²) in [4.78, 5) is 24.7. The van der Waals surface area contributed by atoms with Gasteiger partial charge in [-0.3, -0.25) is 19.3 Å². The van der Waals surface area contributed by atoms with Gasteiger partial charge in [0.25, 0.3) is 5.91 Å². The molecule has 0 unspecified atom stereocenters. The molecule has 0 aliphatic heterocycles. The van der Waals surface area contributed by atoms with E-state index in [9.17, 15) is 36.5 Å². The SMILES string of the molecule is N#CNc1nc(Cl)nc(Nc2ccc3c(O)c(N=Nc4cccc(C(=O)Nc5ccc(S(=O)(=O)CCOS(=O)(=O)[O-])cc5)c4)c(SOO[O-])cc3c2)n1.[Na+].[Na+]. The minimum atomic E-state index is -5.05. The molecule has 1 heterocycles. The van der Waals surface area contributed by atoms with Crippen LogP contribution in [-0.2, 0) is 33.8 Å². The van der Waals surface area contributed by atoms with Crippen molar-refractivity contribution in [2.24, 2.45) is 10.2 Å². The molecule has 0 aliphatic rings. The Kier molecular flexibility index (Phi) is 17.1. The summed E-state index contributed by atoms with van der Waals surface area (Å²) in [5.41, 5.74) is 0.858. The number of sulfone groups is 1. The largest absolute Gasteiger partial charge is 1.00 e. The number of benzene rings is 4. The first kappa shape index (κ1) is 45.8. The molecular weight excluding hydrogens is 828 g/mol. The molecule has 4 aromatic carbocycles. The van der Waals surface area contributed by atoms with Crippen LogP contribution in [0.25, 0.3) is 10.8 Å². The van der Waals surface area contributed by atoms with Crippen molar-refractivity contribution in [3.05, 3.63) is 83.6 Å². The predicted molar refractivity (Wildman–Crippen MR) is 184 cm³/mol. The molecule has 5 rings (SSSR count). The Bertz CT molecular complexity index is 2480. The van der Waals surface area contributed by atoms with E-state index in [1.54, 1.807) is 24.4 Å². The second-order valence-electron chi connectivity index (χ2n) is 10.1. The molecule has 0 saturated heterocycles. The zero-order valence-electron chi connectivity index (χ0n) is 28.2. The van der Waals surface area contributed by atoms with E-state index in [0.29, 0.717) is 28.5 Å². The quantitative estimate of drug-likeness (QED) is 0.0104. The number of hydrogen-bond donors (Lipinski definition) is 4. The Morgan fingerprint density at radius 3 is 2.36 bits per heavy atom. The number of halogens is 1. The van der Waals surface area contributed by atoms with Crippen molar-refractivity contribution in [2.45, 2.75) is 9.79 Å². The molecule has 274 valence electrons. The third-order valence-corrected chi connectivity index (χ3v) is 9.59. The number of fused-ring (bicyclic) bond motifs is 1. The maximum Gasteiger partial charge on any atom is 1.00 e. The minimum absolute atomic E-state index is 0. The van der Waals surface area contributed by atoms with Crippen molar-refractivity contribution < 1.29 is 109 Å². The van der Waals surface area contributed by atoms with Gasteiger partial charge in [0.15, 0.2) is 21.8 Å². The number of phenols is 1. The molecule has 1 amide bonds. The molecular formula is C29H20ClN9Na2O11S3. The van der Waals surface area contributed by atoms with E-state index in [2.05, 4.69) is 54.7 Å². The molecule has 26 heteroatoms. The number of aromatic hydroxyl groups is 1. The van der Waals surface area contributed by atoms with Crippen molar-refractivity contribution in [2.75, 3.05) is 28.3 Å². The molecule has 55 heavy (non-hydrogen) atoms. The Morgan fingerprint density at radius 2 is 1.67 bits per heavy atom. The van der Waals surface area contributed by atoms with E-state index >= 15 is 0 Å². The summed E-state index contributed by atoms with van der Waals surface area (Å²) in [5.74, 6) is -1.79. The van der Waals surface area contributed by atoms with Crippen molar-refractivity contribution in [3.63, 3.8) is 0 Å². The second kappa shape index (κ2) is 20.6. The number of nitrogens with zero attached hydrogens (tertiary/aromatic N) is 6. The molecule has 0 atom stereocenters. The maximum absolute atomic E-state index is 13.0. The van der Waals surface area contributed by atoms with Crippen molar-refractivity contribution in [3.8, 4) is 11.9 Å². The molecule has 0 radical (unpaired) electrons. The van der Waals surface area contributed by atoms with Gasteiger partial charge in [0.1, 0.15) is 5.69 Å². The fraction of sp³-hybridized carbons (Fsp3) is 0.0690. The first-order valence-corrected chi connectivity index (χ1v) is 18.4. The van der Waals surface area contributed by atoms with Gasteiger partial charge in [-0.15, -0.1) is 5.11 Å². The van der Waals surface area contributed by atoms with Gasteiger partial charge in [0.05, 0.1) is 39.9 Å². The van der Waals surface area contributed by atoms with Crippen LogP contribution in [-0.4, -0.2) is 59.7 Å². The fourth-order valence-corrected chi connectivity index (χ4v) is 6.55. The van der Waals surface area contributed by atoms with Crippen LogP contribution in [0.1, 0.15) is 10.4 Å². The predicted octanol–water partition coefficient (Wildman–Crippen LogP) is -1.82. The van der Waals surface area contributed by atoms with Crippen LogP contribution >= 0.6 is 23.6 Å². The van der Waals surface area contributed by atoms with Crippen LogP contribution in [0.5, 0.6) is 5.75 Å². The van der Waals surface area contributed by atoms with Crippen LogP contribution in [0.15, 0.2) is 92.8 Å². The van der Waals surface area contributed by atoms with Crippen LogP contribution in [0.4, 0.5) is 34.6 Å². The zero-order chi connectivity index (χ0) is 38.2.